The largest absolute Gasteiger partial charge is 0.375 e. The number of rotatable bonds is 3. The topological polar surface area (TPSA) is 30.5 Å². The number of ether oxygens (including phenoxy) is 2. The van der Waals surface area contributed by atoms with Crippen LogP contribution >= 0.6 is 0 Å². The first-order chi connectivity index (χ1) is 8.15. The van der Waals surface area contributed by atoms with Crippen LogP contribution in [0, 0.1) is 11.8 Å². The van der Waals surface area contributed by atoms with Crippen LogP contribution in [0.3, 0.4) is 0 Å². The van der Waals surface area contributed by atoms with Crippen molar-refractivity contribution < 1.29 is 9.47 Å². The molecule has 0 aromatic carbocycles. The molecule has 3 nitrogen and oxygen atoms in total. The van der Waals surface area contributed by atoms with Gasteiger partial charge in [-0.25, -0.2) is 0 Å². The Labute approximate surface area is 105 Å². The van der Waals surface area contributed by atoms with Crippen molar-refractivity contribution in [3.05, 3.63) is 0 Å². The van der Waals surface area contributed by atoms with E-state index >= 15 is 0 Å². The van der Waals surface area contributed by atoms with Crippen LogP contribution in [0.25, 0.3) is 0 Å². The van der Waals surface area contributed by atoms with Gasteiger partial charge in [-0.3, -0.25) is 0 Å². The number of nitrogens with one attached hydrogen (secondary N) is 1. The van der Waals surface area contributed by atoms with E-state index in [1.54, 1.807) is 0 Å². The van der Waals surface area contributed by atoms with Crippen molar-refractivity contribution in [3.8, 4) is 0 Å². The third-order valence-electron chi connectivity index (χ3n) is 4.30. The molecule has 1 saturated heterocycles. The zero-order valence-electron chi connectivity index (χ0n) is 11.4. The minimum absolute atomic E-state index is 0.244. The average Bonchev–Trinajstić information content (AvgIpc) is 2.31. The lowest BCUT2D eigenvalue weighted by molar-refractivity contribution is -0.0950. The Balaban J connectivity index is 1.67. The summed E-state index contributed by atoms with van der Waals surface area (Å²) in [4.78, 5) is 0. The first-order valence-electron chi connectivity index (χ1n) is 7.13. The first-order valence-corrected chi connectivity index (χ1v) is 7.13. The van der Waals surface area contributed by atoms with Gasteiger partial charge in [0, 0.05) is 13.1 Å². The molecule has 1 saturated carbocycles. The third-order valence-corrected chi connectivity index (χ3v) is 4.30. The quantitative estimate of drug-likeness (QED) is 0.821. The van der Waals surface area contributed by atoms with Crippen molar-refractivity contribution in [1.29, 1.82) is 0 Å². The monoisotopic (exact) mass is 241 g/mol. The Morgan fingerprint density at radius 2 is 1.94 bits per heavy atom. The fourth-order valence-corrected chi connectivity index (χ4v) is 2.86. The molecule has 1 N–H and O–H groups in total. The van der Waals surface area contributed by atoms with E-state index in [2.05, 4.69) is 26.1 Å². The van der Waals surface area contributed by atoms with Gasteiger partial charge in [0.25, 0.3) is 0 Å². The Bertz CT molecular complexity index is 234. The van der Waals surface area contributed by atoms with Crippen LogP contribution in [0.5, 0.6) is 0 Å². The summed E-state index contributed by atoms with van der Waals surface area (Å²) in [7, 11) is 0. The van der Waals surface area contributed by atoms with Crippen molar-refractivity contribution in [2.45, 2.75) is 58.3 Å². The summed E-state index contributed by atoms with van der Waals surface area (Å²) in [5.41, 5.74) is 0. The van der Waals surface area contributed by atoms with E-state index < -0.39 is 0 Å². The minimum Gasteiger partial charge on any atom is -0.375 e. The number of morpholine rings is 1. The Kier molecular flexibility index (Phi) is 4.83. The maximum atomic E-state index is 6.02. The molecule has 0 aromatic rings. The van der Waals surface area contributed by atoms with Gasteiger partial charge in [-0.05, 0) is 38.0 Å². The Morgan fingerprint density at radius 3 is 2.65 bits per heavy atom. The van der Waals surface area contributed by atoms with E-state index in [-0.39, 0.29) is 6.10 Å². The van der Waals surface area contributed by atoms with Crippen molar-refractivity contribution in [2.24, 2.45) is 11.8 Å². The standard InChI is InChI=1S/C14H27NO2/c1-10-4-5-13(6-11(10)2)16-9-14-8-15-7-12(3)17-14/h10-15H,4-9H2,1-3H3. The lowest BCUT2D eigenvalue weighted by atomic mass is 9.80. The van der Waals surface area contributed by atoms with Gasteiger partial charge in [0.2, 0.25) is 0 Å². The molecule has 100 valence electrons. The van der Waals surface area contributed by atoms with E-state index in [0.717, 1.165) is 31.5 Å². The van der Waals surface area contributed by atoms with Crippen LogP contribution in [0.4, 0.5) is 0 Å². The van der Waals surface area contributed by atoms with Crippen LogP contribution in [-0.4, -0.2) is 38.0 Å². The minimum atomic E-state index is 0.244. The molecule has 5 atom stereocenters. The summed E-state index contributed by atoms with van der Waals surface area (Å²) in [6, 6.07) is 0. The van der Waals surface area contributed by atoms with E-state index in [1.807, 2.05) is 0 Å². The molecule has 2 aliphatic rings. The van der Waals surface area contributed by atoms with Crippen molar-refractivity contribution in [3.63, 3.8) is 0 Å². The molecule has 0 spiro atoms. The SMILES string of the molecule is CC1CNCC(COC2CCC(C)C(C)C2)O1. The van der Waals surface area contributed by atoms with Crippen molar-refractivity contribution >= 4 is 0 Å². The zero-order valence-corrected chi connectivity index (χ0v) is 11.4. The van der Waals surface area contributed by atoms with Gasteiger partial charge >= 0.3 is 0 Å². The molecule has 0 amide bonds. The molecular formula is C14H27NO2. The molecule has 2 fully saturated rings. The summed E-state index contributed by atoms with van der Waals surface area (Å²) in [6.45, 7) is 9.47. The molecule has 17 heavy (non-hydrogen) atoms. The third kappa shape index (κ3) is 3.94. The molecular weight excluding hydrogens is 214 g/mol. The average molecular weight is 241 g/mol. The summed E-state index contributed by atoms with van der Waals surface area (Å²) in [5.74, 6) is 1.67. The van der Waals surface area contributed by atoms with Crippen LogP contribution in [0.1, 0.15) is 40.0 Å². The lowest BCUT2D eigenvalue weighted by Crippen LogP contribution is -2.46. The predicted molar refractivity (Wildman–Crippen MR) is 69.1 cm³/mol. The zero-order chi connectivity index (χ0) is 12.3. The summed E-state index contributed by atoms with van der Waals surface area (Å²) < 4.78 is 11.9. The molecule has 0 aromatic heterocycles. The molecule has 0 bridgehead atoms. The van der Waals surface area contributed by atoms with Crippen LogP contribution in [-0.2, 0) is 9.47 Å². The second-order valence-corrected chi connectivity index (χ2v) is 5.95. The second-order valence-electron chi connectivity index (χ2n) is 5.95. The van der Waals surface area contributed by atoms with E-state index in [0.29, 0.717) is 12.2 Å². The van der Waals surface area contributed by atoms with Gasteiger partial charge in [0.15, 0.2) is 0 Å². The highest BCUT2D eigenvalue weighted by atomic mass is 16.5. The van der Waals surface area contributed by atoms with E-state index in [1.165, 1.54) is 19.3 Å². The number of hydrogen-bond acceptors (Lipinski definition) is 3. The van der Waals surface area contributed by atoms with Crippen molar-refractivity contribution in [1.82, 2.24) is 5.32 Å². The highest BCUT2D eigenvalue weighted by Gasteiger charge is 2.26. The molecule has 1 aliphatic heterocycles. The normalized spacial score (nSPS) is 43.6. The fraction of sp³-hybridized carbons (Fsp3) is 1.00. The lowest BCUT2D eigenvalue weighted by Gasteiger charge is -2.34. The number of hydrogen-bond donors (Lipinski definition) is 1. The maximum absolute atomic E-state index is 6.02. The van der Waals surface area contributed by atoms with Gasteiger partial charge in [0.1, 0.15) is 0 Å². The van der Waals surface area contributed by atoms with Gasteiger partial charge < -0.3 is 14.8 Å². The Morgan fingerprint density at radius 1 is 1.12 bits per heavy atom. The highest BCUT2D eigenvalue weighted by Crippen LogP contribution is 2.31. The Hall–Kier alpha value is -0.120. The highest BCUT2D eigenvalue weighted by molar-refractivity contribution is 4.77. The molecule has 1 heterocycles. The van der Waals surface area contributed by atoms with Crippen molar-refractivity contribution in [2.75, 3.05) is 19.7 Å². The molecule has 5 unspecified atom stereocenters. The van der Waals surface area contributed by atoms with Gasteiger partial charge in [-0.2, -0.15) is 0 Å². The maximum Gasteiger partial charge on any atom is 0.0936 e. The first kappa shape index (κ1) is 13.3. The summed E-state index contributed by atoms with van der Waals surface area (Å²) in [6.07, 6.45) is 4.78. The molecule has 0 radical (unpaired) electrons. The summed E-state index contributed by atoms with van der Waals surface area (Å²) in [5, 5.41) is 3.38. The van der Waals surface area contributed by atoms with Gasteiger partial charge in [-0.1, -0.05) is 13.8 Å². The smallest absolute Gasteiger partial charge is 0.0936 e. The van der Waals surface area contributed by atoms with Crippen LogP contribution < -0.4 is 5.32 Å². The second kappa shape index (κ2) is 6.17. The fourth-order valence-electron chi connectivity index (χ4n) is 2.86. The van der Waals surface area contributed by atoms with Gasteiger partial charge in [0.05, 0.1) is 24.9 Å². The molecule has 2 rings (SSSR count). The summed E-state index contributed by atoms with van der Waals surface area (Å²) >= 11 is 0. The van der Waals surface area contributed by atoms with Gasteiger partial charge in [-0.15, -0.1) is 0 Å². The van der Waals surface area contributed by atoms with Crippen LogP contribution in [0.2, 0.25) is 0 Å². The van der Waals surface area contributed by atoms with Crippen LogP contribution in [0.15, 0.2) is 0 Å². The molecule has 3 heteroatoms. The molecule has 1 aliphatic carbocycles. The van der Waals surface area contributed by atoms with E-state index in [4.69, 9.17) is 9.47 Å². The van der Waals surface area contributed by atoms with E-state index in [9.17, 15) is 0 Å². The predicted octanol–water partition coefficient (Wildman–Crippen LogP) is 2.20.